The lowest BCUT2D eigenvalue weighted by atomic mass is 10.1. The van der Waals surface area contributed by atoms with Gasteiger partial charge in [0.15, 0.2) is 0 Å². The fourth-order valence-electron chi connectivity index (χ4n) is 2.84. The van der Waals surface area contributed by atoms with E-state index < -0.39 is 5.97 Å². The Balaban J connectivity index is 1.68. The SMILES string of the molecule is Cc1ccc(C(=O)O/N=C\c2c(-c3ccccc3)nc3ccc(Cl)cn23)cc1. The van der Waals surface area contributed by atoms with Crippen LogP contribution < -0.4 is 0 Å². The van der Waals surface area contributed by atoms with E-state index in [1.807, 2.05) is 59.9 Å². The van der Waals surface area contributed by atoms with E-state index in [-0.39, 0.29) is 0 Å². The number of carbonyl (C=O) groups excluding carboxylic acids is 1. The topological polar surface area (TPSA) is 56.0 Å². The minimum absolute atomic E-state index is 0.437. The first-order valence-corrected chi connectivity index (χ1v) is 9.04. The van der Waals surface area contributed by atoms with Gasteiger partial charge in [-0.15, -0.1) is 0 Å². The van der Waals surface area contributed by atoms with Crippen molar-refractivity contribution in [1.82, 2.24) is 9.38 Å². The van der Waals surface area contributed by atoms with Crippen LogP contribution >= 0.6 is 11.6 Å². The molecule has 5 nitrogen and oxygen atoms in total. The monoisotopic (exact) mass is 389 g/mol. The highest BCUT2D eigenvalue weighted by Crippen LogP contribution is 2.24. The molecule has 0 bridgehead atoms. The van der Waals surface area contributed by atoms with Crippen LogP contribution in [-0.2, 0) is 4.84 Å². The smallest absolute Gasteiger partial charge is 0.313 e. The van der Waals surface area contributed by atoms with Crippen LogP contribution in [0.1, 0.15) is 21.6 Å². The Hall–Kier alpha value is -3.44. The van der Waals surface area contributed by atoms with Gasteiger partial charge in [-0.05, 0) is 31.2 Å². The predicted molar refractivity (Wildman–Crippen MR) is 110 cm³/mol. The molecule has 0 saturated carbocycles. The molecule has 0 spiro atoms. The first-order chi connectivity index (χ1) is 13.6. The number of halogens is 1. The van der Waals surface area contributed by atoms with E-state index in [1.165, 1.54) is 6.21 Å². The van der Waals surface area contributed by atoms with Crippen molar-refractivity contribution in [1.29, 1.82) is 0 Å². The van der Waals surface area contributed by atoms with Gasteiger partial charge in [0.25, 0.3) is 0 Å². The summed E-state index contributed by atoms with van der Waals surface area (Å²) in [5, 5.41) is 4.47. The van der Waals surface area contributed by atoms with Crippen LogP contribution in [0, 0.1) is 6.92 Å². The van der Waals surface area contributed by atoms with Crippen molar-refractivity contribution in [2.24, 2.45) is 5.16 Å². The molecule has 6 heteroatoms. The molecule has 0 N–H and O–H groups in total. The number of oxime groups is 1. The number of aryl methyl sites for hydroxylation is 1. The van der Waals surface area contributed by atoms with E-state index in [9.17, 15) is 4.79 Å². The van der Waals surface area contributed by atoms with Crippen LogP contribution in [0.5, 0.6) is 0 Å². The van der Waals surface area contributed by atoms with Crippen molar-refractivity contribution in [3.63, 3.8) is 0 Å². The molecule has 2 aromatic carbocycles. The Kier molecular flexibility index (Phi) is 4.91. The van der Waals surface area contributed by atoms with Gasteiger partial charge in [-0.2, -0.15) is 0 Å². The van der Waals surface area contributed by atoms with Crippen LogP contribution in [0.4, 0.5) is 0 Å². The second-order valence-electron chi connectivity index (χ2n) is 6.27. The zero-order valence-electron chi connectivity index (χ0n) is 15.0. The summed E-state index contributed by atoms with van der Waals surface area (Å²) < 4.78 is 1.81. The van der Waals surface area contributed by atoms with E-state index in [2.05, 4.69) is 10.1 Å². The minimum Gasteiger partial charge on any atom is -0.313 e. The zero-order chi connectivity index (χ0) is 19.5. The van der Waals surface area contributed by atoms with Crippen molar-refractivity contribution < 1.29 is 9.63 Å². The number of benzene rings is 2. The molecule has 2 aromatic heterocycles. The molecule has 0 fully saturated rings. The molecule has 138 valence electrons. The molecule has 0 aliphatic rings. The Labute approximate surface area is 166 Å². The molecular weight excluding hydrogens is 374 g/mol. The molecule has 4 rings (SSSR count). The molecule has 0 radical (unpaired) electrons. The number of nitrogens with zero attached hydrogens (tertiary/aromatic N) is 3. The van der Waals surface area contributed by atoms with Gasteiger partial charge in [0.2, 0.25) is 0 Å². The second-order valence-corrected chi connectivity index (χ2v) is 6.70. The molecule has 0 atom stereocenters. The quantitative estimate of drug-likeness (QED) is 0.275. The van der Waals surface area contributed by atoms with Gasteiger partial charge in [0, 0.05) is 11.8 Å². The Morgan fingerprint density at radius 3 is 2.57 bits per heavy atom. The van der Waals surface area contributed by atoms with Crippen LogP contribution in [0.3, 0.4) is 0 Å². The molecule has 0 amide bonds. The van der Waals surface area contributed by atoms with E-state index >= 15 is 0 Å². The fourth-order valence-corrected chi connectivity index (χ4v) is 3.00. The van der Waals surface area contributed by atoms with Crippen molar-refractivity contribution in [3.8, 4) is 11.3 Å². The molecule has 0 unspecified atom stereocenters. The predicted octanol–water partition coefficient (Wildman–Crippen LogP) is 5.15. The third kappa shape index (κ3) is 3.66. The standard InChI is InChI=1S/C22H16ClN3O2/c1-15-7-9-17(10-8-15)22(27)28-24-13-19-21(16-5-3-2-4-6-16)25-20-12-11-18(23)14-26(19)20/h2-14H,1H3/b24-13-. The van der Waals surface area contributed by atoms with Gasteiger partial charge in [-0.3, -0.25) is 4.40 Å². The summed E-state index contributed by atoms with van der Waals surface area (Å²) in [7, 11) is 0. The fraction of sp³-hybridized carbons (Fsp3) is 0.0455. The van der Waals surface area contributed by atoms with Gasteiger partial charge < -0.3 is 4.84 Å². The first-order valence-electron chi connectivity index (χ1n) is 8.66. The number of fused-ring (bicyclic) bond motifs is 1. The Morgan fingerprint density at radius 2 is 1.82 bits per heavy atom. The van der Waals surface area contributed by atoms with Gasteiger partial charge in [-0.1, -0.05) is 64.8 Å². The lowest BCUT2D eigenvalue weighted by Gasteiger charge is -2.01. The molecule has 2 heterocycles. The van der Waals surface area contributed by atoms with Gasteiger partial charge in [0.05, 0.1) is 28.2 Å². The number of hydrogen-bond acceptors (Lipinski definition) is 4. The highest BCUT2D eigenvalue weighted by Gasteiger charge is 2.13. The maximum atomic E-state index is 12.2. The summed E-state index contributed by atoms with van der Waals surface area (Å²) >= 11 is 6.14. The number of pyridine rings is 1. The van der Waals surface area contributed by atoms with Gasteiger partial charge in [0.1, 0.15) is 5.65 Å². The number of hydrogen-bond donors (Lipinski definition) is 0. The highest BCUT2D eigenvalue weighted by molar-refractivity contribution is 6.30. The van der Waals surface area contributed by atoms with Crippen LogP contribution in [0.25, 0.3) is 16.9 Å². The first kappa shape index (κ1) is 17.9. The number of imidazole rings is 1. The maximum absolute atomic E-state index is 12.2. The highest BCUT2D eigenvalue weighted by atomic mass is 35.5. The lowest BCUT2D eigenvalue weighted by molar-refractivity contribution is 0.0519. The summed E-state index contributed by atoms with van der Waals surface area (Å²) in [5.74, 6) is -0.524. The summed E-state index contributed by atoms with van der Waals surface area (Å²) in [6, 6.07) is 20.4. The number of carbonyl (C=O) groups is 1. The average Bonchev–Trinajstić information content (AvgIpc) is 3.07. The van der Waals surface area contributed by atoms with Crippen molar-refractivity contribution in [2.75, 3.05) is 0 Å². The zero-order valence-corrected chi connectivity index (χ0v) is 15.8. The van der Waals surface area contributed by atoms with Crippen molar-refractivity contribution in [3.05, 3.63) is 94.8 Å². The largest absolute Gasteiger partial charge is 0.365 e. The molecule has 28 heavy (non-hydrogen) atoms. The molecule has 0 aliphatic carbocycles. The minimum atomic E-state index is -0.524. The molecule has 0 saturated heterocycles. The maximum Gasteiger partial charge on any atom is 0.365 e. The van der Waals surface area contributed by atoms with Gasteiger partial charge >= 0.3 is 5.97 Å². The van der Waals surface area contributed by atoms with Gasteiger partial charge in [-0.25, -0.2) is 9.78 Å². The molecule has 0 aliphatic heterocycles. The third-order valence-corrected chi connectivity index (χ3v) is 4.49. The lowest BCUT2D eigenvalue weighted by Crippen LogP contribution is -2.02. The normalized spacial score (nSPS) is 11.2. The van der Waals surface area contributed by atoms with Crippen LogP contribution in [0.15, 0.2) is 78.1 Å². The van der Waals surface area contributed by atoms with E-state index in [0.717, 1.165) is 22.5 Å². The number of aromatic nitrogens is 2. The summed E-state index contributed by atoms with van der Waals surface area (Å²) in [5.41, 5.74) is 4.53. The van der Waals surface area contributed by atoms with Crippen LogP contribution in [0.2, 0.25) is 5.02 Å². The summed E-state index contributed by atoms with van der Waals surface area (Å²) in [4.78, 5) is 21.9. The second kappa shape index (κ2) is 7.66. The number of rotatable bonds is 4. The average molecular weight is 390 g/mol. The summed E-state index contributed by atoms with van der Waals surface area (Å²) in [6.07, 6.45) is 3.23. The summed E-state index contributed by atoms with van der Waals surface area (Å²) in [6.45, 7) is 1.95. The third-order valence-electron chi connectivity index (χ3n) is 4.26. The van der Waals surface area contributed by atoms with Crippen molar-refractivity contribution >= 4 is 29.4 Å². The van der Waals surface area contributed by atoms with E-state index in [4.69, 9.17) is 16.4 Å². The molecule has 4 aromatic rings. The van der Waals surface area contributed by atoms with Crippen LogP contribution in [-0.4, -0.2) is 21.6 Å². The van der Waals surface area contributed by atoms with E-state index in [0.29, 0.717) is 16.3 Å². The van der Waals surface area contributed by atoms with Crippen molar-refractivity contribution in [2.45, 2.75) is 6.92 Å². The Morgan fingerprint density at radius 1 is 1.07 bits per heavy atom. The molecular formula is C22H16ClN3O2. The van der Waals surface area contributed by atoms with E-state index in [1.54, 1.807) is 24.4 Å². The Bertz CT molecular complexity index is 1170.